The van der Waals surface area contributed by atoms with Gasteiger partial charge in [0.1, 0.15) is 0 Å². The fraction of sp³-hybridized carbons (Fsp3) is 1.00. The highest BCUT2D eigenvalue weighted by Gasteiger charge is 2.57. The molecule has 0 radical (unpaired) electrons. The van der Waals surface area contributed by atoms with Gasteiger partial charge in [0.15, 0.2) is 0 Å². The normalized spacial score (nSPS) is 52.1. The van der Waals surface area contributed by atoms with Gasteiger partial charge in [0.25, 0.3) is 0 Å². The van der Waals surface area contributed by atoms with E-state index in [0.29, 0.717) is 11.8 Å². The number of alkyl halides is 1. The van der Waals surface area contributed by atoms with Crippen LogP contribution in [0.2, 0.25) is 0 Å². The van der Waals surface area contributed by atoms with Crippen molar-refractivity contribution in [3.63, 3.8) is 0 Å². The Morgan fingerprint density at radius 1 is 1.27 bits per heavy atom. The molecule has 0 saturated heterocycles. The summed E-state index contributed by atoms with van der Waals surface area (Å²) in [4.78, 5) is 10.6. The van der Waals surface area contributed by atoms with E-state index < -0.39 is 0 Å². The molecule has 0 aromatic carbocycles. The van der Waals surface area contributed by atoms with Crippen LogP contribution in [0.4, 0.5) is 0 Å². The topological polar surface area (TPSA) is 43.1 Å². The van der Waals surface area contributed by atoms with Gasteiger partial charge in [-0.1, -0.05) is 22.6 Å². The Morgan fingerprint density at radius 2 is 1.87 bits per heavy atom. The first-order chi connectivity index (χ1) is 7.07. The standard InChI is InChI=1S/C11H16INO2/c12-11-4-7-1-8(5-11)3-9(2-7)10(11)6-13(14)15/h7-10H,1-6H2/t7-,8+,9?,10?,11?. The van der Waals surface area contributed by atoms with E-state index in [1.165, 1.54) is 32.1 Å². The Morgan fingerprint density at radius 3 is 2.33 bits per heavy atom. The van der Waals surface area contributed by atoms with E-state index in [2.05, 4.69) is 22.6 Å². The predicted octanol–water partition coefficient (Wildman–Crippen LogP) is 2.89. The van der Waals surface area contributed by atoms with E-state index in [0.717, 1.165) is 11.8 Å². The first kappa shape index (κ1) is 10.3. The number of rotatable bonds is 2. The van der Waals surface area contributed by atoms with Crippen molar-refractivity contribution in [2.75, 3.05) is 6.54 Å². The van der Waals surface area contributed by atoms with E-state index in [4.69, 9.17) is 0 Å². The van der Waals surface area contributed by atoms with Gasteiger partial charge in [0.05, 0.1) is 0 Å². The molecule has 0 aromatic rings. The monoisotopic (exact) mass is 321 g/mol. The summed E-state index contributed by atoms with van der Waals surface area (Å²) < 4.78 is 0.277. The lowest BCUT2D eigenvalue weighted by molar-refractivity contribution is -0.493. The van der Waals surface area contributed by atoms with Crippen LogP contribution in [0.3, 0.4) is 0 Å². The number of hydrogen-bond acceptors (Lipinski definition) is 2. The van der Waals surface area contributed by atoms with Gasteiger partial charge in [-0.3, -0.25) is 10.1 Å². The third-order valence-corrected chi connectivity index (χ3v) is 6.45. The fourth-order valence-corrected chi connectivity index (χ4v) is 6.47. The summed E-state index contributed by atoms with van der Waals surface area (Å²) in [5.41, 5.74) is 0. The molecular formula is C11H16INO2. The van der Waals surface area contributed by atoms with Crippen LogP contribution in [-0.2, 0) is 0 Å². The summed E-state index contributed by atoms with van der Waals surface area (Å²) >= 11 is 2.56. The van der Waals surface area contributed by atoms with Gasteiger partial charge < -0.3 is 0 Å². The van der Waals surface area contributed by atoms with E-state index in [9.17, 15) is 10.1 Å². The molecule has 3 nitrogen and oxygen atoms in total. The van der Waals surface area contributed by atoms with Gasteiger partial charge in [-0.2, -0.15) is 0 Å². The second kappa shape index (κ2) is 3.31. The molecule has 4 aliphatic rings. The fourth-order valence-electron chi connectivity index (χ4n) is 4.52. The van der Waals surface area contributed by atoms with Crippen molar-refractivity contribution < 1.29 is 4.92 Å². The predicted molar refractivity (Wildman–Crippen MR) is 65.7 cm³/mol. The molecule has 4 bridgehead atoms. The molecular weight excluding hydrogens is 305 g/mol. The van der Waals surface area contributed by atoms with Crippen LogP contribution >= 0.6 is 22.6 Å². The zero-order valence-corrected chi connectivity index (χ0v) is 10.9. The third-order valence-electron chi connectivity index (χ3n) is 4.77. The van der Waals surface area contributed by atoms with Crippen LogP contribution in [0.1, 0.15) is 32.1 Å². The van der Waals surface area contributed by atoms with E-state index in [1.807, 2.05) is 0 Å². The van der Waals surface area contributed by atoms with Crippen LogP contribution < -0.4 is 0 Å². The highest BCUT2D eigenvalue weighted by Crippen LogP contribution is 2.62. The Balaban J connectivity index is 1.86. The Kier molecular flexibility index (Phi) is 2.27. The smallest absolute Gasteiger partial charge is 0.208 e. The SMILES string of the molecule is O=[N+]([O-])CC1C2C[C@@H]3C[C@H](C2)CC1(I)C3. The molecule has 15 heavy (non-hydrogen) atoms. The number of hydrogen-bond donors (Lipinski definition) is 0. The average molecular weight is 321 g/mol. The van der Waals surface area contributed by atoms with Crippen molar-refractivity contribution >= 4 is 22.6 Å². The average Bonchev–Trinajstić information content (AvgIpc) is 2.09. The zero-order valence-electron chi connectivity index (χ0n) is 8.69. The molecule has 0 aromatic heterocycles. The minimum Gasteiger partial charge on any atom is -0.265 e. The highest BCUT2D eigenvalue weighted by molar-refractivity contribution is 14.1. The maximum Gasteiger partial charge on any atom is 0.208 e. The van der Waals surface area contributed by atoms with Crippen molar-refractivity contribution in [3.05, 3.63) is 10.1 Å². The molecule has 3 unspecified atom stereocenters. The number of nitrogens with zero attached hydrogens (tertiary/aromatic N) is 1. The molecule has 0 amide bonds. The number of halogens is 1. The minimum absolute atomic E-state index is 0.0899. The van der Waals surface area contributed by atoms with Gasteiger partial charge in [-0.25, -0.2) is 0 Å². The Labute approximate surface area is 103 Å². The maximum atomic E-state index is 10.7. The molecule has 4 fully saturated rings. The van der Waals surface area contributed by atoms with Gasteiger partial charge in [-0.15, -0.1) is 0 Å². The van der Waals surface area contributed by atoms with Crippen molar-refractivity contribution in [1.82, 2.24) is 0 Å². The summed E-state index contributed by atoms with van der Waals surface area (Å²) in [5.74, 6) is 2.81. The van der Waals surface area contributed by atoms with Crippen LogP contribution in [0.25, 0.3) is 0 Å². The molecule has 84 valence electrons. The van der Waals surface area contributed by atoms with Crippen molar-refractivity contribution in [2.24, 2.45) is 23.7 Å². The molecule has 0 spiro atoms. The molecule has 0 aliphatic heterocycles. The van der Waals surface area contributed by atoms with Gasteiger partial charge in [0.2, 0.25) is 6.54 Å². The van der Waals surface area contributed by atoms with Crippen molar-refractivity contribution in [2.45, 2.75) is 35.5 Å². The van der Waals surface area contributed by atoms with Crippen molar-refractivity contribution in [1.29, 1.82) is 0 Å². The van der Waals surface area contributed by atoms with Crippen LogP contribution in [0.5, 0.6) is 0 Å². The summed E-state index contributed by atoms with van der Waals surface area (Å²) in [6.07, 6.45) is 6.46. The summed E-state index contributed by atoms with van der Waals surface area (Å²) in [6, 6.07) is 0. The van der Waals surface area contributed by atoms with E-state index in [-0.39, 0.29) is 14.9 Å². The minimum atomic E-state index is -0.0899. The molecule has 0 heterocycles. The lowest BCUT2D eigenvalue weighted by atomic mass is 9.52. The van der Waals surface area contributed by atoms with Crippen LogP contribution in [0, 0.1) is 33.8 Å². The lowest BCUT2D eigenvalue weighted by Crippen LogP contribution is -2.55. The number of nitro groups is 1. The van der Waals surface area contributed by atoms with Gasteiger partial charge in [0, 0.05) is 14.3 Å². The Bertz CT molecular complexity index is 293. The molecule has 4 aliphatic carbocycles. The second-order valence-corrected chi connectivity index (χ2v) is 7.91. The largest absolute Gasteiger partial charge is 0.265 e. The zero-order chi connectivity index (χ0) is 10.6. The molecule has 0 N–H and O–H groups in total. The molecule has 5 atom stereocenters. The van der Waals surface area contributed by atoms with E-state index >= 15 is 0 Å². The first-order valence-corrected chi connectivity index (χ1v) is 6.95. The molecule has 4 rings (SSSR count). The van der Waals surface area contributed by atoms with Gasteiger partial charge in [-0.05, 0) is 49.9 Å². The first-order valence-electron chi connectivity index (χ1n) is 5.87. The van der Waals surface area contributed by atoms with Crippen LogP contribution in [-0.4, -0.2) is 14.9 Å². The molecule has 4 saturated carbocycles. The second-order valence-electron chi connectivity index (χ2n) is 5.76. The molecule has 4 heteroatoms. The quantitative estimate of drug-likeness (QED) is 0.340. The summed E-state index contributed by atoms with van der Waals surface area (Å²) in [5, 5.41) is 10.7. The van der Waals surface area contributed by atoms with Crippen molar-refractivity contribution in [3.8, 4) is 0 Å². The van der Waals surface area contributed by atoms with Crippen LogP contribution in [0.15, 0.2) is 0 Å². The maximum absolute atomic E-state index is 10.7. The summed E-state index contributed by atoms with van der Waals surface area (Å²) in [7, 11) is 0. The highest BCUT2D eigenvalue weighted by atomic mass is 127. The Hall–Kier alpha value is 0.130. The van der Waals surface area contributed by atoms with Gasteiger partial charge >= 0.3 is 0 Å². The lowest BCUT2D eigenvalue weighted by Gasteiger charge is -2.57. The third kappa shape index (κ3) is 1.59. The summed E-state index contributed by atoms with van der Waals surface area (Å²) in [6.45, 7) is 0.215. The van der Waals surface area contributed by atoms with E-state index in [1.54, 1.807) is 0 Å².